The number of aryl methyl sites for hydroxylation is 1. The molecule has 0 aromatic carbocycles. The summed E-state index contributed by atoms with van der Waals surface area (Å²) in [5.41, 5.74) is 5.30. The molecule has 2 fully saturated rings. The van der Waals surface area contributed by atoms with Gasteiger partial charge in [0.05, 0.1) is 17.9 Å². The van der Waals surface area contributed by atoms with Gasteiger partial charge in [-0.05, 0) is 32.6 Å². The molecule has 29 heavy (non-hydrogen) atoms. The van der Waals surface area contributed by atoms with Crippen molar-refractivity contribution < 1.29 is 14.3 Å². The Hall–Kier alpha value is -1.61. The Kier molecular flexibility index (Phi) is 8.35. The first-order valence-corrected chi connectivity index (χ1v) is 11.7. The lowest BCUT2D eigenvalue weighted by atomic mass is 10.1. The second kappa shape index (κ2) is 11.0. The van der Waals surface area contributed by atoms with Gasteiger partial charge in [0.25, 0.3) is 0 Å². The minimum Gasteiger partial charge on any atom is -0.376 e. The van der Waals surface area contributed by atoms with Crippen LogP contribution < -0.4 is 11.1 Å². The van der Waals surface area contributed by atoms with Gasteiger partial charge in [0, 0.05) is 25.5 Å². The van der Waals surface area contributed by atoms with E-state index in [-0.39, 0.29) is 35.6 Å². The van der Waals surface area contributed by atoms with Crippen LogP contribution in [0.2, 0.25) is 0 Å². The van der Waals surface area contributed by atoms with Crippen molar-refractivity contribution >= 4 is 23.6 Å². The minimum absolute atomic E-state index is 0.0484. The van der Waals surface area contributed by atoms with E-state index in [1.165, 1.54) is 37.4 Å². The van der Waals surface area contributed by atoms with Crippen LogP contribution in [0, 0.1) is 0 Å². The first-order chi connectivity index (χ1) is 14.0. The topological polar surface area (TPSA) is 112 Å². The molecule has 2 aliphatic rings. The maximum atomic E-state index is 12.7. The molecule has 2 heterocycles. The van der Waals surface area contributed by atoms with Gasteiger partial charge in [-0.25, -0.2) is 0 Å². The summed E-state index contributed by atoms with van der Waals surface area (Å²) in [5, 5.41) is 12.2. The Morgan fingerprint density at radius 1 is 1.21 bits per heavy atom. The Labute approximate surface area is 176 Å². The molecule has 2 amide bonds. The van der Waals surface area contributed by atoms with Crippen molar-refractivity contribution in [2.75, 3.05) is 6.61 Å². The molecule has 3 rings (SSSR count). The molecule has 8 nitrogen and oxygen atoms in total. The summed E-state index contributed by atoms with van der Waals surface area (Å²) in [6, 6.07) is 0.281. The third-order valence-corrected chi connectivity index (χ3v) is 6.73. The number of ether oxygens (including phenoxy) is 1. The number of amides is 2. The lowest BCUT2D eigenvalue weighted by molar-refractivity contribution is -0.121. The summed E-state index contributed by atoms with van der Waals surface area (Å²) < 4.78 is 7.77. The first kappa shape index (κ1) is 22.1. The Bertz CT molecular complexity index is 682. The van der Waals surface area contributed by atoms with E-state index >= 15 is 0 Å². The number of carbonyl (C=O) groups is 2. The van der Waals surface area contributed by atoms with Gasteiger partial charge in [-0.15, -0.1) is 10.2 Å². The Morgan fingerprint density at radius 2 is 1.97 bits per heavy atom. The second-order valence-corrected chi connectivity index (χ2v) is 9.38. The molecule has 1 saturated carbocycles. The van der Waals surface area contributed by atoms with Crippen LogP contribution in [0.15, 0.2) is 5.16 Å². The number of hydrogen-bond acceptors (Lipinski definition) is 6. The molecule has 1 aromatic heterocycles. The highest BCUT2D eigenvalue weighted by Crippen LogP contribution is 2.26. The number of thioether (sulfide) groups is 1. The zero-order valence-corrected chi connectivity index (χ0v) is 18.1. The fourth-order valence-electron chi connectivity index (χ4n) is 3.96. The molecule has 3 N–H and O–H groups in total. The zero-order valence-electron chi connectivity index (χ0n) is 17.3. The quantitative estimate of drug-likeness (QED) is 0.465. The maximum Gasteiger partial charge on any atom is 0.233 e. The van der Waals surface area contributed by atoms with E-state index in [1.54, 1.807) is 0 Å². The lowest BCUT2D eigenvalue weighted by Gasteiger charge is -2.20. The van der Waals surface area contributed by atoms with Gasteiger partial charge in [0.2, 0.25) is 11.8 Å². The molecular weight excluding hydrogens is 390 g/mol. The van der Waals surface area contributed by atoms with E-state index < -0.39 is 0 Å². The van der Waals surface area contributed by atoms with Gasteiger partial charge < -0.3 is 20.4 Å². The minimum atomic E-state index is -0.359. The molecule has 9 heteroatoms. The van der Waals surface area contributed by atoms with Crippen molar-refractivity contribution in [2.45, 2.75) is 100 Å². The summed E-state index contributed by atoms with van der Waals surface area (Å²) in [6.45, 7) is 3.32. The number of aromatic nitrogens is 3. The van der Waals surface area contributed by atoms with E-state index in [4.69, 9.17) is 10.5 Å². The summed E-state index contributed by atoms with van der Waals surface area (Å²) in [7, 11) is 0. The van der Waals surface area contributed by atoms with E-state index in [9.17, 15) is 9.59 Å². The molecule has 0 spiro atoms. The van der Waals surface area contributed by atoms with Crippen LogP contribution in [-0.2, 0) is 27.3 Å². The Balaban J connectivity index is 1.64. The van der Waals surface area contributed by atoms with Crippen molar-refractivity contribution in [2.24, 2.45) is 5.73 Å². The lowest BCUT2D eigenvalue weighted by Crippen LogP contribution is -2.39. The van der Waals surface area contributed by atoms with Crippen LogP contribution in [-0.4, -0.2) is 50.6 Å². The van der Waals surface area contributed by atoms with E-state index in [2.05, 4.69) is 15.5 Å². The SMILES string of the molecule is CC(Sc1nnc(CCC(N)=O)n1CC1CCCO1)C(=O)NC1CCCCCC1. The molecule has 1 aliphatic carbocycles. The smallest absolute Gasteiger partial charge is 0.233 e. The summed E-state index contributed by atoms with van der Waals surface area (Å²) in [4.78, 5) is 23.9. The number of nitrogens with zero attached hydrogens (tertiary/aromatic N) is 3. The van der Waals surface area contributed by atoms with Crippen molar-refractivity contribution in [3.05, 3.63) is 5.82 Å². The average Bonchev–Trinajstić information content (AvgIpc) is 3.25. The summed E-state index contributed by atoms with van der Waals surface area (Å²) >= 11 is 1.42. The number of primary amides is 1. The number of nitrogens with one attached hydrogen (secondary N) is 1. The van der Waals surface area contributed by atoms with E-state index in [0.717, 1.165) is 38.1 Å². The predicted octanol–water partition coefficient (Wildman–Crippen LogP) is 2.19. The highest BCUT2D eigenvalue weighted by atomic mass is 32.2. The highest BCUT2D eigenvalue weighted by Gasteiger charge is 2.25. The average molecular weight is 424 g/mol. The molecule has 0 bridgehead atoms. The highest BCUT2D eigenvalue weighted by molar-refractivity contribution is 8.00. The maximum absolute atomic E-state index is 12.7. The van der Waals surface area contributed by atoms with Gasteiger partial charge in [0.15, 0.2) is 5.16 Å². The van der Waals surface area contributed by atoms with E-state index in [1.807, 2.05) is 11.5 Å². The van der Waals surface area contributed by atoms with Crippen LogP contribution in [0.25, 0.3) is 0 Å². The van der Waals surface area contributed by atoms with E-state index in [0.29, 0.717) is 18.1 Å². The fourth-order valence-corrected chi connectivity index (χ4v) is 4.84. The fraction of sp³-hybridized carbons (Fsp3) is 0.800. The molecule has 2 unspecified atom stereocenters. The van der Waals surface area contributed by atoms with Gasteiger partial charge in [0.1, 0.15) is 5.82 Å². The Morgan fingerprint density at radius 3 is 2.62 bits per heavy atom. The van der Waals surface area contributed by atoms with Gasteiger partial charge >= 0.3 is 0 Å². The monoisotopic (exact) mass is 423 g/mol. The summed E-state index contributed by atoms with van der Waals surface area (Å²) in [6.07, 6.45) is 9.86. The molecule has 2 atom stereocenters. The van der Waals surface area contributed by atoms with Crippen molar-refractivity contribution in [1.29, 1.82) is 0 Å². The third kappa shape index (κ3) is 6.70. The van der Waals surface area contributed by atoms with Crippen LogP contribution >= 0.6 is 11.8 Å². The van der Waals surface area contributed by atoms with Crippen molar-refractivity contribution in [1.82, 2.24) is 20.1 Å². The number of rotatable bonds is 9. The van der Waals surface area contributed by atoms with Crippen LogP contribution in [0.4, 0.5) is 0 Å². The molecule has 1 saturated heterocycles. The van der Waals surface area contributed by atoms with Gasteiger partial charge in [-0.1, -0.05) is 37.4 Å². The van der Waals surface area contributed by atoms with Gasteiger partial charge in [-0.3, -0.25) is 9.59 Å². The van der Waals surface area contributed by atoms with Crippen molar-refractivity contribution in [3.63, 3.8) is 0 Å². The first-order valence-electron chi connectivity index (χ1n) is 10.8. The zero-order chi connectivity index (χ0) is 20.6. The van der Waals surface area contributed by atoms with Crippen LogP contribution in [0.3, 0.4) is 0 Å². The molecule has 1 aromatic rings. The number of carbonyl (C=O) groups excluding carboxylic acids is 2. The largest absolute Gasteiger partial charge is 0.376 e. The van der Waals surface area contributed by atoms with Crippen LogP contribution in [0.1, 0.15) is 70.5 Å². The predicted molar refractivity (Wildman–Crippen MR) is 111 cm³/mol. The molecule has 1 aliphatic heterocycles. The summed E-state index contributed by atoms with van der Waals surface area (Å²) in [5.74, 6) is 0.410. The standard InChI is InChI=1S/C20H33N5O3S/c1-14(19(27)22-15-7-4-2-3-5-8-15)29-20-24-23-18(11-10-17(21)26)25(20)13-16-9-6-12-28-16/h14-16H,2-13H2,1H3,(H2,21,26)(H,22,27). The normalized spacial score (nSPS) is 21.6. The molecule has 0 radical (unpaired) electrons. The van der Waals surface area contributed by atoms with Crippen LogP contribution in [0.5, 0.6) is 0 Å². The van der Waals surface area contributed by atoms with Crippen molar-refractivity contribution in [3.8, 4) is 0 Å². The number of nitrogens with two attached hydrogens (primary N) is 1. The molecule has 162 valence electrons. The molecular formula is C20H33N5O3S. The number of hydrogen-bond donors (Lipinski definition) is 2. The second-order valence-electron chi connectivity index (χ2n) is 8.07. The third-order valence-electron chi connectivity index (χ3n) is 5.65. The van der Waals surface area contributed by atoms with Gasteiger partial charge in [-0.2, -0.15) is 0 Å².